The number of benzene rings is 1. The molecule has 3 rings (SSSR count). The molecule has 0 spiro atoms. The molecule has 4 nitrogen and oxygen atoms in total. The van der Waals surface area contributed by atoms with E-state index in [1.54, 1.807) is 41.0 Å². The molecule has 1 N–H and O–H groups in total. The van der Waals surface area contributed by atoms with E-state index in [2.05, 4.69) is 4.98 Å². The molecule has 0 fully saturated rings. The second-order valence-corrected chi connectivity index (χ2v) is 7.05. The van der Waals surface area contributed by atoms with E-state index in [4.69, 9.17) is 23.2 Å². The number of thiophene rings is 1. The Morgan fingerprint density at radius 1 is 1.29 bits per heavy atom. The van der Waals surface area contributed by atoms with Crippen LogP contribution in [-0.4, -0.2) is 20.6 Å². The zero-order chi connectivity index (χ0) is 17.4. The standard InChI is InChI=1S/C17H14Cl2N2O2S/c1-9-7-24-8-13(9)16-20-10(2)15(17(22)23)21(16)6-11-5-12(18)3-4-14(11)19/h3-5,7-8H,6H2,1-2H3,(H,22,23). The van der Waals surface area contributed by atoms with E-state index in [1.807, 2.05) is 17.7 Å². The normalized spacial score (nSPS) is 11.0. The van der Waals surface area contributed by atoms with Crippen LogP contribution in [0.2, 0.25) is 10.0 Å². The second kappa shape index (κ2) is 6.59. The summed E-state index contributed by atoms with van der Waals surface area (Å²) in [6.07, 6.45) is 0. The average Bonchev–Trinajstić information content (AvgIpc) is 3.06. The summed E-state index contributed by atoms with van der Waals surface area (Å²) in [7, 11) is 0. The van der Waals surface area contributed by atoms with Crippen LogP contribution in [-0.2, 0) is 6.54 Å². The van der Waals surface area contributed by atoms with Gasteiger partial charge in [-0.15, -0.1) is 0 Å². The first-order valence-corrected chi connectivity index (χ1v) is 8.86. The molecule has 0 unspecified atom stereocenters. The maximum atomic E-state index is 11.7. The van der Waals surface area contributed by atoms with E-state index in [-0.39, 0.29) is 12.2 Å². The number of aryl methyl sites for hydroxylation is 2. The molecule has 0 atom stereocenters. The first-order chi connectivity index (χ1) is 11.4. The molecule has 0 amide bonds. The Morgan fingerprint density at radius 2 is 2.04 bits per heavy atom. The molecule has 0 bridgehead atoms. The number of carbonyl (C=O) groups is 1. The number of imidazole rings is 1. The summed E-state index contributed by atoms with van der Waals surface area (Å²) in [5.41, 5.74) is 3.36. The molecule has 0 aliphatic carbocycles. The molecule has 124 valence electrons. The first-order valence-electron chi connectivity index (χ1n) is 7.16. The molecule has 24 heavy (non-hydrogen) atoms. The van der Waals surface area contributed by atoms with E-state index in [9.17, 15) is 9.90 Å². The van der Waals surface area contributed by atoms with E-state index < -0.39 is 5.97 Å². The van der Waals surface area contributed by atoms with Gasteiger partial charge >= 0.3 is 5.97 Å². The number of aromatic nitrogens is 2. The largest absolute Gasteiger partial charge is 0.477 e. The zero-order valence-corrected chi connectivity index (χ0v) is 15.3. The van der Waals surface area contributed by atoms with Crippen molar-refractivity contribution in [1.29, 1.82) is 0 Å². The van der Waals surface area contributed by atoms with Crippen LogP contribution in [0.3, 0.4) is 0 Å². The number of nitrogens with zero attached hydrogens (tertiary/aromatic N) is 2. The van der Waals surface area contributed by atoms with Gasteiger partial charge in [-0.05, 0) is 48.6 Å². The highest BCUT2D eigenvalue weighted by atomic mass is 35.5. The van der Waals surface area contributed by atoms with Gasteiger partial charge in [-0.2, -0.15) is 11.3 Å². The van der Waals surface area contributed by atoms with Crippen molar-refractivity contribution >= 4 is 40.5 Å². The summed E-state index contributed by atoms with van der Waals surface area (Å²) in [6.45, 7) is 3.96. The third-order valence-electron chi connectivity index (χ3n) is 3.78. The van der Waals surface area contributed by atoms with Gasteiger partial charge in [0.2, 0.25) is 0 Å². The molecule has 2 heterocycles. The molecular formula is C17H14Cl2N2O2S. The molecule has 0 radical (unpaired) electrons. The third kappa shape index (κ3) is 3.07. The van der Waals surface area contributed by atoms with Crippen LogP contribution in [0.15, 0.2) is 29.0 Å². The molecule has 0 aliphatic rings. The predicted octanol–water partition coefficient (Wildman–Crippen LogP) is 5.28. The van der Waals surface area contributed by atoms with Gasteiger partial charge in [0.25, 0.3) is 0 Å². The maximum absolute atomic E-state index is 11.7. The Morgan fingerprint density at radius 3 is 2.67 bits per heavy atom. The van der Waals surface area contributed by atoms with Gasteiger partial charge in [-0.1, -0.05) is 23.2 Å². The fourth-order valence-corrected chi connectivity index (χ4v) is 3.83. The molecule has 7 heteroatoms. The van der Waals surface area contributed by atoms with Crippen LogP contribution in [0.25, 0.3) is 11.4 Å². The van der Waals surface area contributed by atoms with Gasteiger partial charge < -0.3 is 9.67 Å². The van der Waals surface area contributed by atoms with Crippen molar-refractivity contribution in [3.8, 4) is 11.4 Å². The van der Waals surface area contributed by atoms with Gasteiger partial charge in [0.1, 0.15) is 5.82 Å². The lowest BCUT2D eigenvalue weighted by molar-refractivity contribution is 0.0685. The Kier molecular flexibility index (Phi) is 4.67. The number of halogens is 2. The SMILES string of the molecule is Cc1cscc1-c1nc(C)c(C(=O)O)n1Cc1cc(Cl)ccc1Cl. The summed E-state index contributed by atoms with van der Waals surface area (Å²) in [4.78, 5) is 16.2. The maximum Gasteiger partial charge on any atom is 0.354 e. The monoisotopic (exact) mass is 380 g/mol. The molecular weight excluding hydrogens is 367 g/mol. The molecule has 2 aromatic heterocycles. The summed E-state index contributed by atoms with van der Waals surface area (Å²) in [6, 6.07) is 5.16. The van der Waals surface area contributed by atoms with Gasteiger partial charge in [0, 0.05) is 21.0 Å². The Hall–Kier alpha value is -1.82. The van der Waals surface area contributed by atoms with E-state index >= 15 is 0 Å². The third-order valence-corrected chi connectivity index (χ3v) is 5.24. The number of rotatable bonds is 4. The fraction of sp³-hybridized carbons (Fsp3) is 0.176. The Balaban J connectivity index is 2.19. The smallest absolute Gasteiger partial charge is 0.354 e. The highest BCUT2D eigenvalue weighted by Gasteiger charge is 2.23. The number of hydrogen-bond donors (Lipinski definition) is 1. The van der Waals surface area contributed by atoms with Crippen LogP contribution >= 0.6 is 34.5 Å². The summed E-state index contributed by atoms with van der Waals surface area (Å²) in [5, 5.41) is 14.7. The quantitative estimate of drug-likeness (QED) is 0.669. The predicted molar refractivity (Wildman–Crippen MR) is 97.5 cm³/mol. The number of carboxylic acids is 1. The highest BCUT2D eigenvalue weighted by molar-refractivity contribution is 7.08. The van der Waals surface area contributed by atoms with Gasteiger partial charge in [0.15, 0.2) is 5.69 Å². The van der Waals surface area contributed by atoms with Crippen LogP contribution in [0, 0.1) is 13.8 Å². The second-order valence-electron chi connectivity index (χ2n) is 5.46. The van der Waals surface area contributed by atoms with Crippen LogP contribution < -0.4 is 0 Å². The molecule has 0 saturated heterocycles. The van der Waals surface area contributed by atoms with E-state index in [0.717, 1.165) is 16.7 Å². The Bertz CT molecular complexity index is 931. The lowest BCUT2D eigenvalue weighted by Crippen LogP contribution is -2.12. The zero-order valence-electron chi connectivity index (χ0n) is 13.0. The van der Waals surface area contributed by atoms with E-state index in [1.165, 1.54) is 0 Å². The van der Waals surface area contributed by atoms with E-state index in [0.29, 0.717) is 21.6 Å². The number of aromatic carboxylic acids is 1. The minimum atomic E-state index is -1.02. The average molecular weight is 381 g/mol. The molecule has 3 aromatic rings. The van der Waals surface area contributed by atoms with Gasteiger partial charge in [-0.25, -0.2) is 9.78 Å². The van der Waals surface area contributed by atoms with Gasteiger partial charge in [0.05, 0.1) is 12.2 Å². The van der Waals surface area contributed by atoms with Crippen molar-refractivity contribution in [2.75, 3.05) is 0 Å². The summed E-state index contributed by atoms with van der Waals surface area (Å²) < 4.78 is 1.68. The van der Waals surface area contributed by atoms with Crippen LogP contribution in [0.1, 0.15) is 27.3 Å². The van der Waals surface area contributed by atoms with Crippen LogP contribution in [0.4, 0.5) is 0 Å². The van der Waals surface area contributed by atoms with Gasteiger partial charge in [-0.3, -0.25) is 0 Å². The summed E-state index contributed by atoms with van der Waals surface area (Å²) >= 11 is 13.9. The lowest BCUT2D eigenvalue weighted by atomic mass is 10.2. The van der Waals surface area contributed by atoms with Crippen molar-refractivity contribution in [3.05, 3.63) is 61.5 Å². The minimum absolute atomic E-state index is 0.159. The van der Waals surface area contributed by atoms with Crippen molar-refractivity contribution in [1.82, 2.24) is 9.55 Å². The van der Waals surface area contributed by atoms with Crippen molar-refractivity contribution in [2.45, 2.75) is 20.4 Å². The Labute approximate surface area is 153 Å². The minimum Gasteiger partial charge on any atom is -0.477 e. The fourth-order valence-electron chi connectivity index (χ4n) is 2.63. The summed E-state index contributed by atoms with van der Waals surface area (Å²) in [5.74, 6) is -0.392. The number of hydrogen-bond acceptors (Lipinski definition) is 3. The first kappa shape index (κ1) is 17.0. The highest BCUT2D eigenvalue weighted by Crippen LogP contribution is 2.30. The van der Waals surface area contributed by atoms with Crippen molar-refractivity contribution < 1.29 is 9.90 Å². The van der Waals surface area contributed by atoms with Crippen molar-refractivity contribution in [3.63, 3.8) is 0 Å². The lowest BCUT2D eigenvalue weighted by Gasteiger charge is -2.12. The van der Waals surface area contributed by atoms with Crippen LogP contribution in [0.5, 0.6) is 0 Å². The van der Waals surface area contributed by atoms with Crippen molar-refractivity contribution in [2.24, 2.45) is 0 Å². The molecule has 1 aromatic carbocycles. The molecule has 0 aliphatic heterocycles. The molecule has 0 saturated carbocycles. The number of carboxylic acid groups (broad SMARTS) is 1. The topological polar surface area (TPSA) is 55.1 Å².